The maximum atomic E-state index is 12.4. The molecule has 6 nitrogen and oxygen atoms in total. The van der Waals surface area contributed by atoms with Crippen molar-refractivity contribution < 1.29 is 28.6 Å². The molecule has 238 valence electrons. The van der Waals surface area contributed by atoms with E-state index in [1.807, 2.05) is 13.8 Å². The minimum Gasteiger partial charge on any atom is -0.465 e. The number of carbonyl (C=O) groups excluding carboxylic acids is 3. The molecule has 7 heteroatoms. The predicted octanol–water partition coefficient (Wildman–Crippen LogP) is 9.49. The Balaban J connectivity index is -0.00000684. The van der Waals surface area contributed by atoms with Gasteiger partial charge in [0, 0.05) is 11.3 Å². The van der Waals surface area contributed by atoms with Gasteiger partial charge in [0.05, 0.1) is 17.8 Å². The second kappa shape index (κ2) is 29.0. The number of unbranched alkanes of at least 4 members (excludes halogenated alkanes) is 15. The van der Waals surface area contributed by atoms with Crippen LogP contribution in [-0.2, 0) is 28.6 Å². The van der Waals surface area contributed by atoms with Gasteiger partial charge in [0.15, 0.2) is 0 Å². The molecule has 0 rings (SSSR count). The number of rotatable bonds is 26. The molecule has 40 heavy (non-hydrogen) atoms. The SMILES string of the molecule is C.C.C=C(C)C(=O)OCCOC(=O)CSCC(C)(C)C(=O)OCCCCCCCCCCCCCCCCCC. The molecule has 0 aliphatic carbocycles. The van der Waals surface area contributed by atoms with E-state index in [0.717, 1.165) is 12.8 Å². The van der Waals surface area contributed by atoms with E-state index >= 15 is 0 Å². The van der Waals surface area contributed by atoms with Crippen molar-refractivity contribution in [2.24, 2.45) is 5.41 Å². The standard InChI is InChI=1S/C31H56O6S.2CH4/c1-6-7-8-9-10-11-12-13-14-15-16-17-18-19-20-21-22-37-30(34)31(4,5)26-38-25-28(32)35-23-24-36-29(33)27(2)3;;/h2,6-26H2,1,3-5H3;2*1H4. The van der Waals surface area contributed by atoms with Crippen LogP contribution in [0.15, 0.2) is 12.2 Å². The van der Waals surface area contributed by atoms with Gasteiger partial charge in [-0.1, -0.05) is 125 Å². The lowest BCUT2D eigenvalue weighted by Gasteiger charge is -2.22. The quantitative estimate of drug-likeness (QED) is 0.0431. The van der Waals surface area contributed by atoms with Crippen LogP contribution >= 0.6 is 11.8 Å². The molecule has 0 bridgehead atoms. The van der Waals surface area contributed by atoms with Crippen molar-refractivity contribution in [2.75, 3.05) is 31.3 Å². The highest BCUT2D eigenvalue weighted by atomic mass is 32.2. The van der Waals surface area contributed by atoms with E-state index in [0.29, 0.717) is 17.9 Å². The van der Waals surface area contributed by atoms with Crippen LogP contribution in [0.3, 0.4) is 0 Å². The Morgan fingerprint density at radius 1 is 0.650 bits per heavy atom. The number of thioether (sulfide) groups is 1. The molecule has 0 saturated heterocycles. The van der Waals surface area contributed by atoms with Crippen molar-refractivity contribution in [3.63, 3.8) is 0 Å². The third-order valence-electron chi connectivity index (χ3n) is 6.39. The van der Waals surface area contributed by atoms with Crippen LogP contribution < -0.4 is 0 Å². The van der Waals surface area contributed by atoms with E-state index in [9.17, 15) is 14.4 Å². The van der Waals surface area contributed by atoms with Crippen LogP contribution in [0.25, 0.3) is 0 Å². The van der Waals surface area contributed by atoms with Gasteiger partial charge in [0.2, 0.25) is 0 Å². The van der Waals surface area contributed by atoms with E-state index in [-0.39, 0.29) is 39.8 Å². The summed E-state index contributed by atoms with van der Waals surface area (Å²) in [6.07, 6.45) is 21.0. The van der Waals surface area contributed by atoms with Gasteiger partial charge in [0.25, 0.3) is 0 Å². The molecule has 0 amide bonds. The molecule has 0 N–H and O–H groups in total. The van der Waals surface area contributed by atoms with Gasteiger partial charge in [-0.25, -0.2) is 4.79 Å². The first-order valence-electron chi connectivity index (χ1n) is 14.9. The Morgan fingerprint density at radius 3 is 1.52 bits per heavy atom. The third-order valence-corrected chi connectivity index (χ3v) is 7.76. The summed E-state index contributed by atoms with van der Waals surface area (Å²) in [7, 11) is 0. The zero-order chi connectivity index (χ0) is 28.5. The van der Waals surface area contributed by atoms with Crippen molar-refractivity contribution in [1.29, 1.82) is 0 Å². The minimum absolute atomic E-state index is 0. The Morgan fingerprint density at radius 2 is 1.07 bits per heavy atom. The monoisotopic (exact) mass is 588 g/mol. The van der Waals surface area contributed by atoms with Crippen LogP contribution in [0.5, 0.6) is 0 Å². The van der Waals surface area contributed by atoms with Crippen molar-refractivity contribution in [3.05, 3.63) is 12.2 Å². The summed E-state index contributed by atoms with van der Waals surface area (Å²) in [5.41, 5.74) is -0.368. The van der Waals surface area contributed by atoms with Gasteiger partial charge in [-0.2, -0.15) is 0 Å². The van der Waals surface area contributed by atoms with Gasteiger partial charge in [-0.15, -0.1) is 11.8 Å². The summed E-state index contributed by atoms with van der Waals surface area (Å²) in [6, 6.07) is 0. The van der Waals surface area contributed by atoms with E-state index in [1.54, 1.807) is 6.92 Å². The van der Waals surface area contributed by atoms with Gasteiger partial charge in [-0.3, -0.25) is 9.59 Å². The lowest BCUT2D eigenvalue weighted by molar-refractivity contribution is -0.152. The second-order valence-electron chi connectivity index (χ2n) is 11.0. The van der Waals surface area contributed by atoms with Crippen molar-refractivity contribution >= 4 is 29.7 Å². The smallest absolute Gasteiger partial charge is 0.333 e. The number of esters is 3. The van der Waals surface area contributed by atoms with Crippen LogP contribution in [0.4, 0.5) is 0 Å². The van der Waals surface area contributed by atoms with Crippen LogP contribution in [0.2, 0.25) is 0 Å². The number of hydrogen-bond acceptors (Lipinski definition) is 7. The summed E-state index contributed by atoms with van der Waals surface area (Å²) in [4.78, 5) is 35.5. The summed E-state index contributed by atoms with van der Waals surface area (Å²) < 4.78 is 15.4. The molecule has 0 aromatic carbocycles. The van der Waals surface area contributed by atoms with Crippen LogP contribution in [0.1, 0.15) is 145 Å². The molecule has 0 aromatic heterocycles. The fraction of sp³-hybridized carbons (Fsp3) is 0.848. The minimum atomic E-state index is -0.670. The molecule has 0 aromatic rings. The molecular weight excluding hydrogens is 524 g/mol. The van der Waals surface area contributed by atoms with Gasteiger partial charge >= 0.3 is 17.9 Å². The van der Waals surface area contributed by atoms with Gasteiger partial charge in [0.1, 0.15) is 13.2 Å². The summed E-state index contributed by atoms with van der Waals surface area (Å²) in [6.45, 7) is 11.4. The number of ether oxygens (including phenoxy) is 3. The van der Waals surface area contributed by atoms with E-state index in [4.69, 9.17) is 14.2 Å². The van der Waals surface area contributed by atoms with Gasteiger partial charge in [-0.05, 0) is 27.2 Å². The average Bonchev–Trinajstić information content (AvgIpc) is 2.87. The topological polar surface area (TPSA) is 78.9 Å². The second-order valence-corrected chi connectivity index (χ2v) is 11.9. The fourth-order valence-corrected chi connectivity index (χ4v) is 4.89. The summed E-state index contributed by atoms with van der Waals surface area (Å²) in [5, 5.41) is 0. The molecule has 0 aliphatic heterocycles. The van der Waals surface area contributed by atoms with E-state index < -0.39 is 17.4 Å². The summed E-state index contributed by atoms with van der Waals surface area (Å²) >= 11 is 1.33. The summed E-state index contributed by atoms with van der Waals surface area (Å²) in [5.74, 6) is -0.547. The molecule has 0 aliphatic rings. The van der Waals surface area contributed by atoms with Crippen molar-refractivity contribution in [2.45, 2.75) is 145 Å². The molecule has 0 atom stereocenters. The van der Waals surface area contributed by atoms with Crippen molar-refractivity contribution in [1.82, 2.24) is 0 Å². The zero-order valence-electron chi connectivity index (χ0n) is 24.9. The third kappa shape index (κ3) is 26.7. The fourth-order valence-electron chi connectivity index (χ4n) is 3.91. The first-order valence-corrected chi connectivity index (χ1v) is 16.1. The highest BCUT2D eigenvalue weighted by Crippen LogP contribution is 2.24. The lowest BCUT2D eigenvalue weighted by Crippen LogP contribution is -2.30. The van der Waals surface area contributed by atoms with Crippen LogP contribution in [0, 0.1) is 5.41 Å². The Labute approximate surface area is 252 Å². The van der Waals surface area contributed by atoms with E-state index in [1.165, 1.54) is 102 Å². The molecular formula is C33H64O6S. The predicted molar refractivity (Wildman–Crippen MR) is 172 cm³/mol. The number of hydrogen-bond donors (Lipinski definition) is 0. The van der Waals surface area contributed by atoms with E-state index in [2.05, 4.69) is 13.5 Å². The van der Waals surface area contributed by atoms with Crippen LogP contribution in [-0.4, -0.2) is 49.2 Å². The van der Waals surface area contributed by atoms with Gasteiger partial charge < -0.3 is 14.2 Å². The lowest BCUT2D eigenvalue weighted by atomic mass is 9.97. The average molecular weight is 589 g/mol. The Bertz CT molecular complexity index is 647. The Hall–Kier alpha value is -1.50. The van der Waals surface area contributed by atoms with Crippen molar-refractivity contribution in [3.8, 4) is 0 Å². The number of carbonyl (C=O) groups is 3. The highest BCUT2D eigenvalue weighted by Gasteiger charge is 2.29. The zero-order valence-corrected chi connectivity index (χ0v) is 25.7. The first-order chi connectivity index (χ1) is 18.2. The first kappa shape index (κ1) is 43.0. The normalized spacial score (nSPS) is 10.7. The molecule has 0 spiro atoms. The molecule has 0 heterocycles. The highest BCUT2D eigenvalue weighted by molar-refractivity contribution is 7.99. The largest absolute Gasteiger partial charge is 0.465 e. The maximum absolute atomic E-state index is 12.4. The molecule has 0 saturated carbocycles. The Kier molecular flexibility index (Phi) is 31.2. The maximum Gasteiger partial charge on any atom is 0.333 e. The molecule has 0 unspecified atom stereocenters. The molecule has 0 radical (unpaired) electrons. The molecule has 0 fully saturated rings.